The summed E-state index contributed by atoms with van der Waals surface area (Å²) >= 11 is 0. The molecule has 1 aliphatic rings. The van der Waals surface area contributed by atoms with Crippen LogP contribution in [0.5, 0.6) is 11.5 Å². The molecule has 1 aliphatic heterocycles. The molecule has 0 saturated carbocycles. The molecule has 4 aromatic rings. The van der Waals surface area contributed by atoms with Crippen LogP contribution >= 0.6 is 0 Å². The zero-order chi connectivity index (χ0) is 21.5. The molecule has 2 aromatic heterocycles. The van der Waals surface area contributed by atoms with E-state index < -0.39 is 5.56 Å². The molecule has 31 heavy (non-hydrogen) atoms. The highest BCUT2D eigenvalue weighted by molar-refractivity contribution is 5.86. The molecule has 1 atom stereocenters. The lowest BCUT2D eigenvalue weighted by Gasteiger charge is -2.21. The molecular weight excluding hydrogens is 403 g/mol. The molecule has 0 unspecified atom stereocenters. The quantitative estimate of drug-likeness (QED) is 0.546. The minimum atomic E-state index is -0.429. The Morgan fingerprint density at radius 1 is 1.13 bits per heavy atom. The maximum atomic E-state index is 13.5. The number of nitrogens with one attached hydrogen (secondary N) is 1. The van der Waals surface area contributed by atoms with Crippen LogP contribution in [0, 0.1) is 5.82 Å². The van der Waals surface area contributed by atoms with E-state index in [4.69, 9.17) is 9.47 Å². The fourth-order valence-electron chi connectivity index (χ4n) is 3.74. The van der Waals surface area contributed by atoms with E-state index in [1.165, 1.54) is 18.5 Å². The highest BCUT2D eigenvalue weighted by atomic mass is 19.1. The van der Waals surface area contributed by atoms with E-state index >= 15 is 0 Å². The number of carbonyl (C=O) groups excluding carboxylic acids is 1. The average Bonchev–Trinajstić information content (AvgIpc) is 3.13. The summed E-state index contributed by atoms with van der Waals surface area (Å²) in [4.78, 5) is 25.4. The summed E-state index contributed by atoms with van der Waals surface area (Å²) in [5, 5.41) is 7.57. The van der Waals surface area contributed by atoms with Crippen molar-refractivity contribution < 1.29 is 18.7 Å². The number of halogens is 1. The van der Waals surface area contributed by atoms with Gasteiger partial charge in [-0.2, -0.15) is 5.10 Å². The molecule has 1 N–H and O–H groups in total. The number of rotatable bonds is 4. The van der Waals surface area contributed by atoms with Crippen LogP contribution in [0.4, 0.5) is 4.39 Å². The minimum Gasteiger partial charge on any atom is -0.486 e. The van der Waals surface area contributed by atoms with Gasteiger partial charge >= 0.3 is 0 Å². The van der Waals surface area contributed by atoms with Crippen LogP contribution in [0.3, 0.4) is 0 Å². The number of aromatic nitrogens is 3. The summed E-state index contributed by atoms with van der Waals surface area (Å²) in [6.45, 7) is 2.60. The van der Waals surface area contributed by atoms with E-state index in [9.17, 15) is 14.0 Å². The second-order valence-corrected chi connectivity index (χ2v) is 7.39. The first-order valence-corrected chi connectivity index (χ1v) is 9.85. The summed E-state index contributed by atoms with van der Waals surface area (Å²) in [5.41, 5.74) is 1.42. The molecule has 0 fully saturated rings. The molecule has 8 nitrogen and oxygen atoms in total. The standard InChI is InChI=1S/C22H19FN4O4/c1-13(14-2-5-19-20(10-14)31-7-6-30-19)25-21(28)11-27-22(29)18-9-15-8-16(23)3-4-17(15)26(18)12-24-27/h2-5,8-10,12-13H,6-7,11H2,1H3,(H,25,28)/t13-/m1/s1. The second-order valence-electron chi connectivity index (χ2n) is 7.39. The number of hydrogen-bond donors (Lipinski definition) is 1. The fourth-order valence-corrected chi connectivity index (χ4v) is 3.74. The van der Waals surface area contributed by atoms with Crippen LogP contribution in [0.2, 0.25) is 0 Å². The highest BCUT2D eigenvalue weighted by Gasteiger charge is 2.17. The third kappa shape index (κ3) is 3.48. The highest BCUT2D eigenvalue weighted by Crippen LogP contribution is 2.32. The predicted octanol–water partition coefficient (Wildman–Crippen LogP) is 2.44. The number of benzene rings is 2. The summed E-state index contributed by atoms with van der Waals surface area (Å²) in [6.07, 6.45) is 1.45. The zero-order valence-corrected chi connectivity index (χ0v) is 16.7. The SMILES string of the molecule is C[C@@H](NC(=O)Cn1ncn2c(cc3cc(F)ccc32)c1=O)c1ccc2c(c1)OCCO2. The first-order valence-electron chi connectivity index (χ1n) is 9.85. The van der Waals surface area contributed by atoms with E-state index in [-0.39, 0.29) is 24.3 Å². The van der Waals surface area contributed by atoms with Gasteiger partial charge < -0.3 is 14.8 Å². The Labute approximate surface area is 175 Å². The Hall–Kier alpha value is -3.88. The lowest BCUT2D eigenvalue weighted by molar-refractivity contribution is -0.122. The molecule has 9 heteroatoms. The van der Waals surface area contributed by atoms with E-state index in [0.29, 0.717) is 41.1 Å². The van der Waals surface area contributed by atoms with Gasteiger partial charge in [0.1, 0.15) is 37.4 Å². The van der Waals surface area contributed by atoms with E-state index in [0.717, 1.165) is 10.2 Å². The van der Waals surface area contributed by atoms with Crippen molar-refractivity contribution in [2.75, 3.05) is 13.2 Å². The Balaban J connectivity index is 1.35. The largest absolute Gasteiger partial charge is 0.486 e. The van der Waals surface area contributed by atoms with Crippen LogP contribution in [-0.4, -0.2) is 33.3 Å². The van der Waals surface area contributed by atoms with Gasteiger partial charge in [0.25, 0.3) is 5.56 Å². The number of ether oxygens (including phenoxy) is 2. The number of amides is 1. The van der Waals surface area contributed by atoms with Gasteiger partial charge in [-0.05, 0) is 48.9 Å². The molecule has 158 valence electrons. The Morgan fingerprint density at radius 2 is 1.94 bits per heavy atom. The molecule has 2 aromatic carbocycles. The van der Waals surface area contributed by atoms with Gasteiger partial charge in [-0.1, -0.05) is 6.07 Å². The van der Waals surface area contributed by atoms with Gasteiger partial charge in [0.05, 0.1) is 11.6 Å². The number of carbonyl (C=O) groups is 1. The number of fused-ring (bicyclic) bond motifs is 4. The van der Waals surface area contributed by atoms with Gasteiger partial charge in [0, 0.05) is 5.39 Å². The lowest BCUT2D eigenvalue weighted by atomic mass is 10.1. The molecule has 5 rings (SSSR count). The van der Waals surface area contributed by atoms with E-state index in [1.807, 2.05) is 25.1 Å². The molecular formula is C22H19FN4O4. The number of nitrogens with zero attached hydrogens (tertiary/aromatic N) is 3. The summed E-state index contributed by atoms with van der Waals surface area (Å²) in [5.74, 6) is 0.578. The van der Waals surface area contributed by atoms with Crippen molar-refractivity contribution in [3.8, 4) is 11.5 Å². The Bertz CT molecular complexity index is 1380. The van der Waals surface area contributed by atoms with Crippen LogP contribution in [-0.2, 0) is 11.3 Å². The van der Waals surface area contributed by atoms with E-state index in [1.54, 1.807) is 16.5 Å². The van der Waals surface area contributed by atoms with Crippen molar-refractivity contribution in [2.24, 2.45) is 0 Å². The van der Waals surface area contributed by atoms with Crippen molar-refractivity contribution in [1.29, 1.82) is 0 Å². The number of hydrogen-bond acceptors (Lipinski definition) is 5. The second kappa shape index (κ2) is 7.42. The molecule has 0 saturated heterocycles. The summed E-state index contributed by atoms with van der Waals surface area (Å²) in [6, 6.07) is 11.1. The van der Waals surface area contributed by atoms with Crippen molar-refractivity contribution in [3.63, 3.8) is 0 Å². The predicted molar refractivity (Wildman–Crippen MR) is 111 cm³/mol. The first kappa shape index (κ1) is 19.1. The van der Waals surface area contributed by atoms with Gasteiger partial charge in [-0.25, -0.2) is 9.07 Å². The topological polar surface area (TPSA) is 86.9 Å². The Morgan fingerprint density at radius 3 is 2.77 bits per heavy atom. The molecule has 0 radical (unpaired) electrons. The zero-order valence-electron chi connectivity index (χ0n) is 16.7. The molecule has 0 aliphatic carbocycles. The molecule has 3 heterocycles. The molecule has 0 bridgehead atoms. The third-order valence-corrected chi connectivity index (χ3v) is 5.30. The first-order chi connectivity index (χ1) is 15.0. The third-order valence-electron chi connectivity index (χ3n) is 5.30. The Kier molecular flexibility index (Phi) is 4.58. The average molecular weight is 422 g/mol. The van der Waals surface area contributed by atoms with Gasteiger partial charge in [0.2, 0.25) is 5.91 Å². The smallest absolute Gasteiger partial charge is 0.291 e. The van der Waals surface area contributed by atoms with E-state index in [2.05, 4.69) is 10.4 Å². The lowest BCUT2D eigenvalue weighted by Crippen LogP contribution is -2.35. The van der Waals surface area contributed by atoms with Crippen LogP contribution in [0.1, 0.15) is 18.5 Å². The van der Waals surface area contributed by atoms with Crippen LogP contribution < -0.4 is 20.3 Å². The summed E-state index contributed by atoms with van der Waals surface area (Å²) < 4.78 is 27.3. The molecule has 1 amide bonds. The van der Waals surface area contributed by atoms with Gasteiger partial charge in [-0.15, -0.1) is 0 Å². The fraction of sp³-hybridized carbons (Fsp3) is 0.227. The van der Waals surface area contributed by atoms with Crippen molar-refractivity contribution in [3.05, 3.63) is 70.5 Å². The molecule has 0 spiro atoms. The van der Waals surface area contributed by atoms with Crippen LogP contribution in [0.15, 0.2) is 53.6 Å². The summed E-state index contributed by atoms with van der Waals surface area (Å²) in [7, 11) is 0. The van der Waals surface area contributed by atoms with Crippen molar-refractivity contribution >= 4 is 22.3 Å². The van der Waals surface area contributed by atoms with Crippen LogP contribution in [0.25, 0.3) is 16.4 Å². The minimum absolute atomic E-state index is 0.236. The van der Waals surface area contributed by atoms with Gasteiger partial charge in [-0.3, -0.25) is 14.0 Å². The maximum Gasteiger partial charge on any atom is 0.291 e. The van der Waals surface area contributed by atoms with Crippen molar-refractivity contribution in [1.82, 2.24) is 19.5 Å². The van der Waals surface area contributed by atoms with Crippen molar-refractivity contribution in [2.45, 2.75) is 19.5 Å². The maximum absolute atomic E-state index is 13.5. The van der Waals surface area contributed by atoms with Gasteiger partial charge in [0.15, 0.2) is 11.5 Å². The normalized spacial score (nSPS) is 14.0. The monoisotopic (exact) mass is 422 g/mol.